The van der Waals surface area contributed by atoms with Gasteiger partial charge in [-0.2, -0.15) is 0 Å². The number of ether oxygens (including phenoxy) is 2. The Hall–Kier alpha value is -1.75. The molecule has 5 heteroatoms. The van der Waals surface area contributed by atoms with Gasteiger partial charge in [0.2, 0.25) is 0 Å². The van der Waals surface area contributed by atoms with Crippen LogP contribution in [0.25, 0.3) is 0 Å². The molecule has 20 heavy (non-hydrogen) atoms. The van der Waals surface area contributed by atoms with Crippen LogP contribution >= 0.6 is 0 Å². The van der Waals surface area contributed by atoms with E-state index < -0.39 is 5.97 Å². The minimum atomic E-state index is -0.975. The third-order valence-corrected chi connectivity index (χ3v) is 3.64. The van der Waals surface area contributed by atoms with Crippen molar-refractivity contribution in [2.45, 2.75) is 38.3 Å². The average Bonchev–Trinajstić information content (AvgIpc) is 2.48. The van der Waals surface area contributed by atoms with E-state index in [1.165, 1.54) is 32.1 Å². The van der Waals surface area contributed by atoms with E-state index in [2.05, 4.69) is 5.32 Å². The molecule has 1 saturated heterocycles. The van der Waals surface area contributed by atoms with Crippen molar-refractivity contribution < 1.29 is 19.4 Å². The molecule has 0 saturated carbocycles. The van der Waals surface area contributed by atoms with Crippen LogP contribution in [0.15, 0.2) is 18.2 Å². The molecule has 1 aromatic rings. The van der Waals surface area contributed by atoms with E-state index in [4.69, 9.17) is 14.6 Å². The summed E-state index contributed by atoms with van der Waals surface area (Å²) in [5.41, 5.74) is 0.192. The highest BCUT2D eigenvalue weighted by Crippen LogP contribution is 2.30. The molecule has 0 amide bonds. The van der Waals surface area contributed by atoms with E-state index in [1.54, 1.807) is 6.07 Å². The molecule has 1 heterocycles. The minimum Gasteiger partial charge on any atom is -0.493 e. The molecule has 0 radical (unpaired) electrons. The Morgan fingerprint density at radius 2 is 2.20 bits per heavy atom. The highest BCUT2D eigenvalue weighted by atomic mass is 16.5. The predicted molar refractivity (Wildman–Crippen MR) is 75.7 cm³/mol. The molecule has 2 unspecified atom stereocenters. The molecule has 2 N–H and O–H groups in total. The van der Waals surface area contributed by atoms with Gasteiger partial charge in [0.05, 0.1) is 12.7 Å². The molecule has 2 rings (SSSR count). The van der Waals surface area contributed by atoms with Gasteiger partial charge >= 0.3 is 5.97 Å². The van der Waals surface area contributed by atoms with Crippen molar-refractivity contribution in [1.29, 1.82) is 0 Å². The zero-order chi connectivity index (χ0) is 14.5. The standard InChI is InChI=1S/C15H21NO4/c1-10(12-5-3-4-8-16-12)20-13-7-6-11(15(17)18)9-14(13)19-2/h6-7,9-10,12,16H,3-5,8H2,1-2H3,(H,17,18). The second-order valence-corrected chi connectivity index (χ2v) is 5.05. The highest BCUT2D eigenvalue weighted by Gasteiger charge is 2.22. The predicted octanol–water partition coefficient (Wildman–Crippen LogP) is 2.30. The molecule has 0 aromatic heterocycles. The summed E-state index contributed by atoms with van der Waals surface area (Å²) in [5.74, 6) is 0.0572. The lowest BCUT2D eigenvalue weighted by molar-refractivity contribution is 0.0696. The number of hydrogen-bond acceptors (Lipinski definition) is 4. The highest BCUT2D eigenvalue weighted by molar-refractivity contribution is 5.88. The van der Waals surface area contributed by atoms with Gasteiger partial charge in [-0.1, -0.05) is 6.42 Å². The van der Waals surface area contributed by atoms with E-state index in [9.17, 15) is 4.79 Å². The molecule has 1 aliphatic rings. The Kier molecular flexibility index (Phi) is 4.84. The van der Waals surface area contributed by atoms with Crippen LogP contribution in [-0.4, -0.2) is 36.9 Å². The van der Waals surface area contributed by atoms with Crippen LogP contribution < -0.4 is 14.8 Å². The van der Waals surface area contributed by atoms with E-state index in [1.807, 2.05) is 6.92 Å². The largest absolute Gasteiger partial charge is 0.493 e. The summed E-state index contributed by atoms with van der Waals surface area (Å²) in [7, 11) is 1.51. The number of hydrogen-bond donors (Lipinski definition) is 2. The fraction of sp³-hybridized carbons (Fsp3) is 0.533. The summed E-state index contributed by atoms with van der Waals surface area (Å²) in [6.45, 7) is 3.04. The molecule has 110 valence electrons. The van der Waals surface area contributed by atoms with Gasteiger partial charge in [0, 0.05) is 6.04 Å². The van der Waals surface area contributed by atoms with Gasteiger partial charge in [-0.3, -0.25) is 0 Å². The normalized spacial score (nSPS) is 20.2. The minimum absolute atomic E-state index is 0.0138. The van der Waals surface area contributed by atoms with E-state index in [-0.39, 0.29) is 11.7 Å². The van der Waals surface area contributed by atoms with Crippen LogP contribution in [0.5, 0.6) is 11.5 Å². The van der Waals surface area contributed by atoms with E-state index >= 15 is 0 Å². The van der Waals surface area contributed by atoms with Gasteiger partial charge in [-0.05, 0) is 44.5 Å². The SMILES string of the molecule is COc1cc(C(=O)O)ccc1OC(C)C1CCCCN1. The summed E-state index contributed by atoms with van der Waals surface area (Å²) >= 11 is 0. The van der Waals surface area contributed by atoms with Crippen molar-refractivity contribution in [3.8, 4) is 11.5 Å². The van der Waals surface area contributed by atoms with Crippen molar-refractivity contribution in [3.63, 3.8) is 0 Å². The van der Waals surface area contributed by atoms with Crippen LogP contribution in [0.3, 0.4) is 0 Å². The summed E-state index contributed by atoms with van der Waals surface area (Å²) in [6, 6.07) is 4.99. The monoisotopic (exact) mass is 279 g/mol. The maximum Gasteiger partial charge on any atom is 0.335 e. The number of nitrogens with one attached hydrogen (secondary N) is 1. The number of aromatic carboxylic acids is 1. The van der Waals surface area contributed by atoms with Gasteiger partial charge in [-0.15, -0.1) is 0 Å². The number of rotatable bonds is 5. The van der Waals surface area contributed by atoms with Crippen LogP contribution in [0.2, 0.25) is 0 Å². The summed E-state index contributed by atoms with van der Waals surface area (Å²) in [5, 5.41) is 12.4. The molecule has 5 nitrogen and oxygen atoms in total. The van der Waals surface area contributed by atoms with Gasteiger partial charge in [0.25, 0.3) is 0 Å². The topological polar surface area (TPSA) is 67.8 Å². The summed E-state index contributed by atoms with van der Waals surface area (Å²) in [4.78, 5) is 10.9. The van der Waals surface area contributed by atoms with Crippen molar-refractivity contribution in [2.75, 3.05) is 13.7 Å². The first-order valence-electron chi connectivity index (χ1n) is 6.93. The van der Waals surface area contributed by atoms with E-state index in [0.717, 1.165) is 13.0 Å². The maximum atomic E-state index is 10.9. The first-order chi connectivity index (χ1) is 9.61. The van der Waals surface area contributed by atoms with Crippen LogP contribution in [0.4, 0.5) is 0 Å². The van der Waals surface area contributed by atoms with Gasteiger partial charge in [0.1, 0.15) is 6.10 Å². The number of methoxy groups -OCH3 is 1. The number of benzene rings is 1. The Labute approximate surface area is 118 Å². The van der Waals surface area contributed by atoms with Crippen LogP contribution in [0, 0.1) is 0 Å². The molecular weight excluding hydrogens is 258 g/mol. The Bertz CT molecular complexity index is 469. The maximum absolute atomic E-state index is 10.9. The number of carbonyl (C=O) groups is 1. The smallest absolute Gasteiger partial charge is 0.335 e. The fourth-order valence-electron chi connectivity index (χ4n) is 2.46. The fourth-order valence-corrected chi connectivity index (χ4v) is 2.46. The Morgan fingerprint density at radius 1 is 1.40 bits per heavy atom. The molecule has 1 aliphatic heterocycles. The Morgan fingerprint density at radius 3 is 2.80 bits per heavy atom. The van der Waals surface area contributed by atoms with Gasteiger partial charge in [0.15, 0.2) is 11.5 Å². The molecule has 0 bridgehead atoms. The molecule has 0 spiro atoms. The first kappa shape index (κ1) is 14.7. The summed E-state index contributed by atoms with van der Waals surface area (Å²) in [6.07, 6.45) is 3.52. The second kappa shape index (κ2) is 6.61. The molecule has 1 fully saturated rings. The molecule has 1 aromatic carbocycles. The Balaban J connectivity index is 2.09. The van der Waals surface area contributed by atoms with Crippen molar-refractivity contribution in [2.24, 2.45) is 0 Å². The number of piperidine rings is 1. The van der Waals surface area contributed by atoms with E-state index in [0.29, 0.717) is 17.5 Å². The zero-order valence-electron chi connectivity index (χ0n) is 11.9. The van der Waals surface area contributed by atoms with Gasteiger partial charge in [-0.25, -0.2) is 4.79 Å². The van der Waals surface area contributed by atoms with Gasteiger partial charge < -0.3 is 19.9 Å². The molecular formula is C15H21NO4. The third kappa shape index (κ3) is 3.42. The van der Waals surface area contributed by atoms with Crippen molar-refractivity contribution in [3.05, 3.63) is 23.8 Å². The zero-order valence-corrected chi connectivity index (χ0v) is 11.9. The number of carboxylic acid groups (broad SMARTS) is 1. The summed E-state index contributed by atoms with van der Waals surface area (Å²) < 4.78 is 11.1. The van der Waals surface area contributed by atoms with Crippen molar-refractivity contribution >= 4 is 5.97 Å². The second-order valence-electron chi connectivity index (χ2n) is 5.05. The third-order valence-electron chi connectivity index (χ3n) is 3.64. The average molecular weight is 279 g/mol. The number of carboxylic acids is 1. The lowest BCUT2D eigenvalue weighted by Crippen LogP contribution is -2.44. The quantitative estimate of drug-likeness (QED) is 0.865. The molecule has 0 aliphatic carbocycles. The lowest BCUT2D eigenvalue weighted by Gasteiger charge is -2.29. The van der Waals surface area contributed by atoms with Crippen molar-refractivity contribution in [1.82, 2.24) is 5.32 Å². The molecule has 2 atom stereocenters. The van der Waals surface area contributed by atoms with Crippen LogP contribution in [0.1, 0.15) is 36.5 Å². The first-order valence-corrected chi connectivity index (χ1v) is 6.93. The lowest BCUT2D eigenvalue weighted by atomic mass is 10.0. The van der Waals surface area contributed by atoms with Crippen LogP contribution in [-0.2, 0) is 0 Å².